The van der Waals surface area contributed by atoms with E-state index in [4.69, 9.17) is 25.8 Å². The Morgan fingerprint density at radius 3 is 2.81 bits per heavy atom. The highest BCUT2D eigenvalue weighted by Gasteiger charge is 2.46. The van der Waals surface area contributed by atoms with Gasteiger partial charge in [-0.2, -0.15) is 0 Å². The molecular weight excluding hydrogens is 576 g/mol. The summed E-state index contributed by atoms with van der Waals surface area (Å²) in [5.74, 6) is 0.841. The molecule has 1 saturated carbocycles. The van der Waals surface area contributed by atoms with Crippen LogP contribution in [0.15, 0.2) is 36.4 Å². The molecule has 42 heavy (non-hydrogen) atoms. The van der Waals surface area contributed by atoms with Gasteiger partial charge in [-0.1, -0.05) is 24.6 Å². The summed E-state index contributed by atoms with van der Waals surface area (Å²) in [7, 11) is -3.87. The predicted molar refractivity (Wildman–Crippen MR) is 161 cm³/mol. The first-order chi connectivity index (χ1) is 20.2. The van der Waals surface area contributed by atoms with Crippen molar-refractivity contribution >= 4 is 33.2 Å². The van der Waals surface area contributed by atoms with Gasteiger partial charge >= 0.3 is 0 Å². The lowest BCUT2D eigenvalue weighted by Gasteiger charge is -2.48. The quantitative estimate of drug-likeness (QED) is 0.459. The molecule has 6 atom stereocenters. The summed E-state index contributed by atoms with van der Waals surface area (Å²) >= 11 is 6.41. The Morgan fingerprint density at radius 1 is 1.10 bits per heavy atom. The fourth-order valence-corrected chi connectivity index (χ4v) is 8.87. The molecule has 8 nitrogen and oxygen atoms in total. The van der Waals surface area contributed by atoms with Crippen LogP contribution in [0.25, 0.3) is 0 Å². The van der Waals surface area contributed by atoms with Crippen LogP contribution in [0.1, 0.15) is 60.5 Å². The topological polar surface area (TPSA) is 94.2 Å². The van der Waals surface area contributed by atoms with E-state index in [1.54, 1.807) is 12.1 Å². The number of nitrogens with zero attached hydrogens (tertiary/aromatic N) is 1. The Labute approximate surface area is 253 Å². The number of ether oxygens (including phenoxy) is 3. The number of nitrogens with one attached hydrogen (secondary N) is 1. The molecule has 4 bridgehead atoms. The molecule has 1 spiro atoms. The standard InChI is InChI=1S/C32H39ClN2O6S/c1-20-17-40-30-15-29(20)39-11-12-42(37,38)34-31(36)22-5-9-28-27(14-22)35(16-23-4-7-25(23)30)18-32(19-41-28)10-2-3-21-13-24(33)6-8-26(21)32/h5-6,8-9,13-14,20,23,25,29-30H,2-4,7,10-12,15-19H2,1H3,(H,34,36)/t20-,23+,25-,29+,30+,32+/m1/s1. The molecule has 0 unspecified atom stereocenters. The van der Waals surface area contributed by atoms with Gasteiger partial charge < -0.3 is 19.1 Å². The van der Waals surface area contributed by atoms with Crippen LogP contribution in [-0.2, 0) is 31.3 Å². The van der Waals surface area contributed by atoms with Gasteiger partial charge in [0.05, 0.1) is 43.5 Å². The zero-order chi connectivity index (χ0) is 29.1. The van der Waals surface area contributed by atoms with Crippen molar-refractivity contribution in [2.24, 2.45) is 17.8 Å². The summed E-state index contributed by atoms with van der Waals surface area (Å²) < 4.78 is 47.0. The predicted octanol–water partition coefficient (Wildman–Crippen LogP) is 4.72. The van der Waals surface area contributed by atoms with Gasteiger partial charge in [-0.3, -0.25) is 4.79 Å². The second-order valence-corrected chi connectivity index (χ2v) is 15.3. The molecule has 7 rings (SSSR count). The average molecular weight is 615 g/mol. The van der Waals surface area contributed by atoms with E-state index >= 15 is 0 Å². The summed E-state index contributed by atoms with van der Waals surface area (Å²) in [6.45, 7) is 4.83. The van der Waals surface area contributed by atoms with Crippen LogP contribution in [0.4, 0.5) is 5.69 Å². The van der Waals surface area contributed by atoms with E-state index in [2.05, 4.69) is 28.7 Å². The molecule has 1 saturated heterocycles. The molecular formula is C32H39ClN2O6S. The smallest absolute Gasteiger partial charge is 0.264 e. The second kappa shape index (κ2) is 11.0. The number of halogens is 1. The molecule has 3 aliphatic heterocycles. The van der Waals surface area contributed by atoms with Gasteiger partial charge in [-0.05, 0) is 85.4 Å². The van der Waals surface area contributed by atoms with Crippen molar-refractivity contribution in [1.82, 2.24) is 4.72 Å². The molecule has 5 aliphatic rings. The van der Waals surface area contributed by atoms with Crippen LogP contribution >= 0.6 is 11.6 Å². The Kier molecular flexibility index (Phi) is 7.44. The zero-order valence-corrected chi connectivity index (χ0v) is 25.6. The van der Waals surface area contributed by atoms with Crippen molar-refractivity contribution in [3.8, 4) is 5.75 Å². The number of carbonyl (C=O) groups excluding carboxylic acids is 1. The number of sulfonamides is 1. The number of hydrogen-bond donors (Lipinski definition) is 1. The molecule has 226 valence electrons. The third kappa shape index (κ3) is 5.31. The number of aryl methyl sites for hydroxylation is 1. The number of benzene rings is 2. The Balaban J connectivity index is 1.28. The Bertz CT molecular complexity index is 1480. The van der Waals surface area contributed by atoms with E-state index < -0.39 is 15.9 Å². The third-order valence-corrected chi connectivity index (χ3v) is 11.7. The maximum absolute atomic E-state index is 13.2. The van der Waals surface area contributed by atoms with Crippen molar-refractivity contribution in [3.63, 3.8) is 0 Å². The fraction of sp³-hybridized carbons (Fsp3) is 0.594. The summed E-state index contributed by atoms with van der Waals surface area (Å²) in [6, 6.07) is 11.5. The van der Waals surface area contributed by atoms with Crippen LogP contribution in [0.5, 0.6) is 5.75 Å². The first-order valence-electron chi connectivity index (χ1n) is 15.3. The van der Waals surface area contributed by atoms with Crippen molar-refractivity contribution in [2.75, 3.05) is 43.6 Å². The van der Waals surface area contributed by atoms with Gasteiger partial charge in [-0.25, -0.2) is 13.1 Å². The van der Waals surface area contributed by atoms with Gasteiger partial charge in [0.2, 0.25) is 10.0 Å². The Hall–Kier alpha value is -2.33. The highest BCUT2D eigenvalue weighted by Crippen LogP contribution is 2.47. The minimum atomic E-state index is -3.87. The van der Waals surface area contributed by atoms with Crippen LogP contribution in [0.3, 0.4) is 0 Å². The highest BCUT2D eigenvalue weighted by molar-refractivity contribution is 7.90. The van der Waals surface area contributed by atoms with Crippen LogP contribution < -0.4 is 14.4 Å². The average Bonchev–Trinajstić information content (AvgIpc) is 3.09. The Morgan fingerprint density at radius 2 is 1.98 bits per heavy atom. The van der Waals surface area contributed by atoms with Crippen LogP contribution in [0, 0.1) is 17.8 Å². The fourth-order valence-electron chi connectivity index (χ4n) is 7.85. The molecule has 2 aliphatic carbocycles. The van der Waals surface area contributed by atoms with E-state index in [1.165, 1.54) is 11.1 Å². The normalized spacial score (nSPS) is 34.2. The first-order valence-corrected chi connectivity index (χ1v) is 17.3. The molecule has 1 amide bonds. The molecule has 2 aromatic rings. The van der Waals surface area contributed by atoms with Crippen LogP contribution in [0.2, 0.25) is 5.02 Å². The van der Waals surface area contributed by atoms with Crippen molar-refractivity contribution in [3.05, 3.63) is 58.1 Å². The number of rotatable bonds is 0. The van der Waals surface area contributed by atoms with E-state index in [0.29, 0.717) is 30.6 Å². The minimum Gasteiger partial charge on any atom is -0.490 e. The van der Waals surface area contributed by atoms with Gasteiger partial charge in [0, 0.05) is 41.4 Å². The van der Waals surface area contributed by atoms with Crippen molar-refractivity contribution in [2.45, 2.75) is 63.1 Å². The number of carbonyl (C=O) groups is 1. The van der Waals surface area contributed by atoms with Gasteiger partial charge in [0.15, 0.2) is 0 Å². The third-order valence-electron chi connectivity index (χ3n) is 10.3. The molecule has 2 aromatic carbocycles. The summed E-state index contributed by atoms with van der Waals surface area (Å²) in [5.41, 5.74) is 3.48. The SMILES string of the molecule is C[C@@H]1CO[C@H]2C[C@@H]1OCCS(=O)(=O)NC(=O)c1ccc3c(c1)N(C[C@@H]1CC[C@H]12)C[C@@]1(CCCc2cc(Cl)ccc21)CO3. The van der Waals surface area contributed by atoms with Crippen molar-refractivity contribution in [1.29, 1.82) is 0 Å². The summed E-state index contributed by atoms with van der Waals surface area (Å²) in [5, 5.41) is 0.751. The molecule has 0 aromatic heterocycles. The lowest BCUT2D eigenvalue weighted by molar-refractivity contribution is -0.139. The first kappa shape index (κ1) is 28.4. The molecule has 10 heteroatoms. The number of anilines is 1. The maximum atomic E-state index is 13.2. The summed E-state index contributed by atoms with van der Waals surface area (Å²) in [6.07, 6.45) is 6.05. The largest absolute Gasteiger partial charge is 0.490 e. The lowest BCUT2D eigenvalue weighted by atomic mass is 9.67. The molecule has 1 N–H and O–H groups in total. The van der Waals surface area contributed by atoms with E-state index in [9.17, 15) is 13.2 Å². The number of hydrogen-bond acceptors (Lipinski definition) is 7. The molecule has 0 radical (unpaired) electrons. The second-order valence-electron chi connectivity index (χ2n) is 13.0. The number of fused-ring (bicyclic) bond motifs is 7. The van der Waals surface area contributed by atoms with Gasteiger partial charge in [-0.15, -0.1) is 0 Å². The molecule has 3 heterocycles. The highest BCUT2D eigenvalue weighted by atomic mass is 35.5. The van der Waals surface area contributed by atoms with Crippen LogP contribution in [-0.4, -0.2) is 65.2 Å². The van der Waals surface area contributed by atoms with Crippen molar-refractivity contribution < 1.29 is 27.4 Å². The number of amides is 1. The maximum Gasteiger partial charge on any atom is 0.264 e. The lowest BCUT2D eigenvalue weighted by Crippen LogP contribution is -2.51. The van der Waals surface area contributed by atoms with Gasteiger partial charge in [0.1, 0.15) is 5.75 Å². The minimum absolute atomic E-state index is 0.0407. The molecule has 2 fully saturated rings. The zero-order valence-electron chi connectivity index (χ0n) is 24.0. The van der Waals surface area contributed by atoms with Gasteiger partial charge in [0.25, 0.3) is 5.91 Å². The summed E-state index contributed by atoms with van der Waals surface area (Å²) in [4.78, 5) is 15.6. The van der Waals surface area contributed by atoms with E-state index in [1.807, 2.05) is 12.1 Å². The van der Waals surface area contributed by atoms with E-state index in [-0.39, 0.29) is 35.9 Å². The van der Waals surface area contributed by atoms with E-state index in [0.717, 1.165) is 68.1 Å². The monoisotopic (exact) mass is 614 g/mol.